The smallest absolute Gasteiger partial charge is 0.254 e. The van der Waals surface area contributed by atoms with Gasteiger partial charge in [-0.15, -0.1) is 0 Å². The Balaban J connectivity index is 1.33. The van der Waals surface area contributed by atoms with Crippen LogP contribution in [0.25, 0.3) is 0 Å². The van der Waals surface area contributed by atoms with Crippen LogP contribution in [-0.4, -0.2) is 55.9 Å². The first kappa shape index (κ1) is 21.2. The summed E-state index contributed by atoms with van der Waals surface area (Å²) in [6.45, 7) is 5.17. The van der Waals surface area contributed by atoms with Gasteiger partial charge in [-0.1, -0.05) is 12.1 Å². The minimum Gasteiger partial charge on any atom is -0.489 e. The van der Waals surface area contributed by atoms with Gasteiger partial charge in [-0.2, -0.15) is 0 Å². The number of rotatable bonds is 6. The zero-order valence-corrected chi connectivity index (χ0v) is 18.3. The van der Waals surface area contributed by atoms with Gasteiger partial charge in [-0.3, -0.25) is 4.79 Å². The molecule has 1 aliphatic carbocycles. The zero-order valence-electron chi connectivity index (χ0n) is 18.3. The van der Waals surface area contributed by atoms with Crippen LogP contribution in [0.1, 0.15) is 41.7 Å². The second-order valence-corrected chi connectivity index (χ2v) is 9.29. The molecule has 1 N–H and O–H groups in total. The van der Waals surface area contributed by atoms with Crippen molar-refractivity contribution in [1.82, 2.24) is 4.90 Å². The molecular weight excluding hydrogens is 411 g/mol. The summed E-state index contributed by atoms with van der Waals surface area (Å²) in [5.41, 5.74) is 1.73. The van der Waals surface area contributed by atoms with Crippen LogP contribution in [0.15, 0.2) is 42.5 Å². The summed E-state index contributed by atoms with van der Waals surface area (Å²) in [5, 5.41) is 3.52. The van der Waals surface area contributed by atoms with Crippen molar-refractivity contribution < 1.29 is 23.4 Å². The molecule has 0 bridgehead atoms. The molecule has 6 nitrogen and oxygen atoms in total. The first-order valence-electron chi connectivity index (χ1n) is 11.3. The van der Waals surface area contributed by atoms with E-state index in [-0.39, 0.29) is 23.3 Å². The molecule has 7 heteroatoms. The van der Waals surface area contributed by atoms with Gasteiger partial charge in [0.25, 0.3) is 5.91 Å². The Kier molecular flexibility index (Phi) is 5.78. The third kappa shape index (κ3) is 4.59. The molecule has 2 heterocycles. The molecule has 0 spiro atoms. The Labute approximate surface area is 187 Å². The zero-order chi connectivity index (χ0) is 22.1. The Morgan fingerprint density at radius 1 is 1.28 bits per heavy atom. The predicted octanol–water partition coefficient (Wildman–Crippen LogP) is 4.03. The van der Waals surface area contributed by atoms with Crippen molar-refractivity contribution >= 4 is 11.6 Å². The number of carbonyl (C=O) groups is 1. The second-order valence-electron chi connectivity index (χ2n) is 9.29. The maximum atomic E-state index is 13.8. The van der Waals surface area contributed by atoms with Gasteiger partial charge >= 0.3 is 0 Å². The lowest BCUT2D eigenvalue weighted by atomic mass is 10.0. The number of halogens is 1. The van der Waals surface area contributed by atoms with E-state index in [0.717, 1.165) is 23.6 Å². The number of nitrogens with one attached hydrogen (secondary N) is 1. The van der Waals surface area contributed by atoms with E-state index in [1.165, 1.54) is 25.0 Å². The molecule has 2 aliphatic heterocycles. The summed E-state index contributed by atoms with van der Waals surface area (Å²) in [5.74, 6) is 1.01. The van der Waals surface area contributed by atoms with E-state index in [2.05, 4.69) is 12.2 Å². The van der Waals surface area contributed by atoms with E-state index >= 15 is 0 Å². The number of amides is 1. The minimum atomic E-state index is -0.355. The molecule has 170 valence electrons. The number of hydrogen-bond donors (Lipinski definition) is 1. The summed E-state index contributed by atoms with van der Waals surface area (Å²) in [6, 6.07) is 11.5. The highest BCUT2D eigenvalue weighted by atomic mass is 19.1. The summed E-state index contributed by atoms with van der Waals surface area (Å²) in [6.07, 6.45) is 2.51. The molecular formula is C25H29FN2O4. The average Bonchev–Trinajstić information content (AvgIpc) is 3.62. The van der Waals surface area contributed by atoms with Crippen molar-refractivity contribution in [1.29, 1.82) is 0 Å². The van der Waals surface area contributed by atoms with E-state index in [1.807, 2.05) is 18.2 Å². The largest absolute Gasteiger partial charge is 0.489 e. The van der Waals surface area contributed by atoms with Gasteiger partial charge < -0.3 is 24.4 Å². The van der Waals surface area contributed by atoms with Crippen LogP contribution < -0.4 is 10.1 Å². The fourth-order valence-electron chi connectivity index (χ4n) is 4.30. The van der Waals surface area contributed by atoms with Crippen LogP contribution in [0, 0.1) is 11.7 Å². The molecule has 0 aromatic heterocycles. The van der Waals surface area contributed by atoms with E-state index < -0.39 is 0 Å². The molecule has 3 aliphatic rings. The van der Waals surface area contributed by atoms with E-state index in [4.69, 9.17) is 14.2 Å². The molecule has 1 saturated heterocycles. The number of fused-ring (bicyclic) bond motifs is 1. The number of benzene rings is 2. The molecule has 2 atom stereocenters. The number of carbonyl (C=O) groups excluding carboxylic acids is 1. The molecule has 0 radical (unpaired) electrons. The molecule has 2 aromatic carbocycles. The van der Waals surface area contributed by atoms with Gasteiger partial charge in [0.2, 0.25) is 0 Å². The lowest BCUT2D eigenvalue weighted by Crippen LogP contribution is -2.48. The topological polar surface area (TPSA) is 60.0 Å². The number of nitrogens with zero attached hydrogens (tertiary/aromatic N) is 1. The van der Waals surface area contributed by atoms with Crippen LogP contribution in [0.2, 0.25) is 0 Å². The Bertz CT molecular complexity index is 996. The third-order valence-electron chi connectivity index (χ3n) is 6.30. The fraction of sp³-hybridized carbons (Fsp3) is 0.480. The summed E-state index contributed by atoms with van der Waals surface area (Å²) in [7, 11) is 0. The third-order valence-corrected chi connectivity index (χ3v) is 6.30. The van der Waals surface area contributed by atoms with Gasteiger partial charge in [-0.05, 0) is 61.6 Å². The SMILES string of the molecule is CC1(COCC2CC2)COc2ccc(C(=O)N3CCOCC3c3cccc(F)c3)cc2N1. The molecule has 1 amide bonds. The fourth-order valence-corrected chi connectivity index (χ4v) is 4.30. The molecule has 2 fully saturated rings. The number of morpholine rings is 1. The lowest BCUT2D eigenvalue weighted by molar-refractivity contribution is -0.00277. The van der Waals surface area contributed by atoms with Crippen molar-refractivity contribution in [2.24, 2.45) is 5.92 Å². The number of ether oxygens (including phenoxy) is 3. The van der Waals surface area contributed by atoms with Crippen LogP contribution in [0.3, 0.4) is 0 Å². The van der Waals surface area contributed by atoms with Gasteiger partial charge in [0.05, 0.1) is 37.1 Å². The minimum absolute atomic E-state index is 0.107. The summed E-state index contributed by atoms with van der Waals surface area (Å²) in [4.78, 5) is 15.2. The highest BCUT2D eigenvalue weighted by Gasteiger charge is 2.34. The van der Waals surface area contributed by atoms with Gasteiger partial charge in [-0.25, -0.2) is 4.39 Å². The van der Waals surface area contributed by atoms with Crippen LogP contribution in [-0.2, 0) is 9.47 Å². The maximum Gasteiger partial charge on any atom is 0.254 e. The monoisotopic (exact) mass is 440 g/mol. The second kappa shape index (κ2) is 8.71. The molecule has 5 rings (SSSR count). The van der Waals surface area contributed by atoms with Crippen LogP contribution in [0.5, 0.6) is 5.75 Å². The van der Waals surface area contributed by atoms with Crippen molar-refractivity contribution in [2.45, 2.75) is 31.3 Å². The molecule has 2 unspecified atom stereocenters. The molecule has 1 saturated carbocycles. The first-order valence-corrected chi connectivity index (χ1v) is 11.3. The normalized spacial score (nSPS) is 24.9. The van der Waals surface area contributed by atoms with Crippen molar-refractivity contribution in [3.8, 4) is 5.75 Å². The van der Waals surface area contributed by atoms with Crippen molar-refractivity contribution in [3.05, 3.63) is 59.4 Å². The predicted molar refractivity (Wildman–Crippen MR) is 119 cm³/mol. The van der Waals surface area contributed by atoms with Crippen molar-refractivity contribution in [2.75, 3.05) is 44.9 Å². The van der Waals surface area contributed by atoms with Gasteiger partial charge in [0, 0.05) is 18.7 Å². The van der Waals surface area contributed by atoms with Crippen molar-refractivity contribution in [3.63, 3.8) is 0 Å². The van der Waals surface area contributed by atoms with Gasteiger partial charge in [0.15, 0.2) is 0 Å². The Morgan fingerprint density at radius 2 is 2.16 bits per heavy atom. The van der Waals surface area contributed by atoms with E-state index in [1.54, 1.807) is 17.0 Å². The van der Waals surface area contributed by atoms with E-state index in [9.17, 15) is 9.18 Å². The quantitative estimate of drug-likeness (QED) is 0.735. The molecule has 2 aromatic rings. The summed E-state index contributed by atoms with van der Waals surface area (Å²) >= 11 is 0. The number of hydrogen-bond acceptors (Lipinski definition) is 5. The Hall–Kier alpha value is -2.64. The Morgan fingerprint density at radius 3 is 2.97 bits per heavy atom. The maximum absolute atomic E-state index is 13.8. The highest BCUT2D eigenvalue weighted by molar-refractivity contribution is 5.96. The van der Waals surface area contributed by atoms with Crippen LogP contribution in [0.4, 0.5) is 10.1 Å². The lowest BCUT2D eigenvalue weighted by Gasteiger charge is -2.38. The standard InChI is InChI=1S/C25H29FN2O4/c1-25(15-31-13-17-5-6-17)16-32-23-8-7-19(12-21(23)27-25)24(29)28-9-10-30-14-22(28)18-3-2-4-20(26)11-18/h2-4,7-8,11-12,17,22,27H,5-6,9-10,13-16H2,1H3. The highest BCUT2D eigenvalue weighted by Crippen LogP contribution is 2.35. The average molecular weight is 441 g/mol. The molecule has 32 heavy (non-hydrogen) atoms. The van der Waals surface area contributed by atoms with Gasteiger partial charge in [0.1, 0.15) is 18.2 Å². The summed E-state index contributed by atoms with van der Waals surface area (Å²) < 4.78 is 31.3. The first-order chi connectivity index (χ1) is 15.5. The van der Waals surface area contributed by atoms with E-state index in [0.29, 0.717) is 44.5 Å². The number of anilines is 1. The van der Waals surface area contributed by atoms with Crippen LogP contribution >= 0.6 is 0 Å².